The summed E-state index contributed by atoms with van der Waals surface area (Å²) in [5, 5.41) is 0. The molecule has 2 heterocycles. The van der Waals surface area contributed by atoms with Gasteiger partial charge in [-0.15, -0.1) is 0 Å². The highest BCUT2D eigenvalue weighted by molar-refractivity contribution is 5.72. The number of hydrogen-bond acceptors (Lipinski definition) is 4. The maximum atomic E-state index is 5.75. The summed E-state index contributed by atoms with van der Waals surface area (Å²) in [6.45, 7) is 9.37. The molecular formula is C16H23N3O. The molecule has 0 amide bonds. The van der Waals surface area contributed by atoms with Crippen molar-refractivity contribution in [2.45, 2.75) is 19.8 Å². The van der Waals surface area contributed by atoms with Crippen LogP contribution in [0.25, 0.3) is 11.1 Å². The lowest BCUT2D eigenvalue weighted by Crippen LogP contribution is -2.46. The summed E-state index contributed by atoms with van der Waals surface area (Å²) >= 11 is 0. The minimum atomic E-state index is 0.874. The molecule has 0 N–H and O–H groups in total. The van der Waals surface area contributed by atoms with Crippen LogP contribution in [-0.4, -0.2) is 54.1 Å². The second-order valence-electron chi connectivity index (χ2n) is 5.45. The molecular weight excluding hydrogens is 250 g/mol. The first kappa shape index (κ1) is 13.6. The molecule has 4 heteroatoms. The van der Waals surface area contributed by atoms with Gasteiger partial charge >= 0.3 is 0 Å². The first-order valence-corrected chi connectivity index (χ1v) is 7.64. The Morgan fingerprint density at radius 1 is 1.10 bits per heavy atom. The van der Waals surface area contributed by atoms with Crippen LogP contribution in [0.4, 0.5) is 0 Å². The monoisotopic (exact) mass is 273 g/mol. The Labute approximate surface area is 120 Å². The highest BCUT2D eigenvalue weighted by Gasteiger charge is 2.15. The summed E-state index contributed by atoms with van der Waals surface area (Å²) in [4.78, 5) is 9.59. The quantitative estimate of drug-likeness (QED) is 0.837. The molecule has 108 valence electrons. The second-order valence-corrected chi connectivity index (χ2v) is 5.45. The third-order valence-corrected chi connectivity index (χ3v) is 4.12. The lowest BCUT2D eigenvalue weighted by Gasteiger charge is -2.33. The molecule has 20 heavy (non-hydrogen) atoms. The van der Waals surface area contributed by atoms with E-state index in [2.05, 4.69) is 21.7 Å². The van der Waals surface area contributed by atoms with Gasteiger partial charge in [-0.2, -0.15) is 0 Å². The van der Waals surface area contributed by atoms with Crippen LogP contribution in [0.5, 0.6) is 0 Å². The Morgan fingerprint density at radius 3 is 2.60 bits per heavy atom. The Hall–Kier alpha value is -1.39. The van der Waals surface area contributed by atoms with Gasteiger partial charge in [0, 0.05) is 32.6 Å². The van der Waals surface area contributed by atoms with Crippen molar-refractivity contribution in [3.63, 3.8) is 0 Å². The van der Waals surface area contributed by atoms with Crippen molar-refractivity contribution in [3.05, 3.63) is 30.2 Å². The zero-order valence-corrected chi connectivity index (χ0v) is 12.2. The normalized spacial score (nSPS) is 17.9. The van der Waals surface area contributed by atoms with E-state index in [0.717, 1.165) is 36.4 Å². The number of aromatic nitrogens is 1. The van der Waals surface area contributed by atoms with E-state index in [1.807, 2.05) is 24.3 Å². The third kappa shape index (κ3) is 3.19. The lowest BCUT2D eigenvalue weighted by atomic mass is 10.2. The zero-order valence-electron chi connectivity index (χ0n) is 12.2. The highest BCUT2D eigenvalue weighted by atomic mass is 16.3. The fourth-order valence-corrected chi connectivity index (χ4v) is 2.81. The molecule has 1 fully saturated rings. The number of oxazole rings is 1. The van der Waals surface area contributed by atoms with Crippen molar-refractivity contribution >= 4 is 11.1 Å². The number of nitrogens with zero attached hydrogens (tertiary/aromatic N) is 3. The summed E-state index contributed by atoms with van der Waals surface area (Å²) in [7, 11) is 0. The van der Waals surface area contributed by atoms with Crippen molar-refractivity contribution in [3.8, 4) is 0 Å². The highest BCUT2D eigenvalue weighted by Crippen LogP contribution is 2.15. The van der Waals surface area contributed by atoms with Gasteiger partial charge in [-0.3, -0.25) is 0 Å². The molecule has 0 unspecified atom stereocenters. The molecule has 1 aromatic heterocycles. The van der Waals surface area contributed by atoms with Gasteiger partial charge in [0.15, 0.2) is 11.5 Å². The molecule has 0 atom stereocenters. The van der Waals surface area contributed by atoms with Crippen molar-refractivity contribution in [1.82, 2.24) is 14.8 Å². The van der Waals surface area contributed by atoms with Crippen molar-refractivity contribution in [2.75, 3.05) is 39.3 Å². The Kier molecular flexibility index (Phi) is 4.33. The van der Waals surface area contributed by atoms with E-state index in [1.165, 1.54) is 32.7 Å². The maximum Gasteiger partial charge on any atom is 0.195 e. The second kappa shape index (κ2) is 6.37. The molecule has 0 saturated carbocycles. The van der Waals surface area contributed by atoms with Crippen LogP contribution in [0.15, 0.2) is 28.7 Å². The number of aryl methyl sites for hydroxylation is 1. The summed E-state index contributed by atoms with van der Waals surface area (Å²) in [5.74, 6) is 0.874. The number of para-hydroxylation sites is 2. The fraction of sp³-hybridized carbons (Fsp3) is 0.562. The van der Waals surface area contributed by atoms with Crippen LogP contribution < -0.4 is 0 Å². The summed E-state index contributed by atoms with van der Waals surface area (Å²) in [6, 6.07) is 7.98. The standard InChI is InChI=1S/C16H23N3O/c1-2-18-10-12-19(13-11-18)9-5-8-16-17-14-6-3-4-7-15(14)20-16/h3-4,6-7H,2,5,8-13H2,1H3. The molecule has 1 aromatic carbocycles. The van der Waals surface area contributed by atoms with E-state index in [1.54, 1.807) is 0 Å². The van der Waals surface area contributed by atoms with Gasteiger partial charge in [-0.05, 0) is 31.6 Å². The van der Waals surface area contributed by atoms with Gasteiger partial charge in [0.1, 0.15) is 5.52 Å². The minimum Gasteiger partial charge on any atom is -0.441 e. The van der Waals surface area contributed by atoms with E-state index in [0.29, 0.717) is 0 Å². The molecule has 2 aromatic rings. The minimum absolute atomic E-state index is 0.874. The molecule has 1 aliphatic heterocycles. The first-order valence-electron chi connectivity index (χ1n) is 7.64. The van der Waals surface area contributed by atoms with Gasteiger partial charge in [-0.1, -0.05) is 19.1 Å². The van der Waals surface area contributed by atoms with Crippen LogP contribution >= 0.6 is 0 Å². The van der Waals surface area contributed by atoms with Crippen molar-refractivity contribution < 1.29 is 4.42 Å². The third-order valence-electron chi connectivity index (χ3n) is 4.12. The smallest absolute Gasteiger partial charge is 0.195 e. The van der Waals surface area contributed by atoms with Gasteiger partial charge < -0.3 is 14.2 Å². The van der Waals surface area contributed by atoms with Gasteiger partial charge in [0.25, 0.3) is 0 Å². The molecule has 0 bridgehead atoms. The summed E-state index contributed by atoms with van der Waals surface area (Å²) < 4.78 is 5.75. The predicted molar refractivity (Wildman–Crippen MR) is 80.9 cm³/mol. The number of likely N-dealkylation sites (N-methyl/N-ethyl adjacent to an activating group) is 1. The maximum absolute atomic E-state index is 5.75. The fourth-order valence-electron chi connectivity index (χ4n) is 2.81. The SMILES string of the molecule is CCN1CCN(CCCc2nc3ccccc3o2)CC1. The Balaban J connectivity index is 1.46. The number of benzene rings is 1. The van der Waals surface area contributed by atoms with E-state index < -0.39 is 0 Å². The number of piperazine rings is 1. The van der Waals surface area contributed by atoms with Crippen molar-refractivity contribution in [2.24, 2.45) is 0 Å². The van der Waals surface area contributed by atoms with Crippen molar-refractivity contribution in [1.29, 1.82) is 0 Å². The van der Waals surface area contributed by atoms with Crippen LogP contribution in [0.3, 0.4) is 0 Å². The van der Waals surface area contributed by atoms with Gasteiger partial charge in [-0.25, -0.2) is 4.98 Å². The molecule has 3 rings (SSSR count). The molecule has 4 nitrogen and oxygen atoms in total. The van der Waals surface area contributed by atoms with E-state index >= 15 is 0 Å². The predicted octanol–water partition coefficient (Wildman–Crippen LogP) is 2.40. The largest absolute Gasteiger partial charge is 0.441 e. The van der Waals surface area contributed by atoms with E-state index in [-0.39, 0.29) is 0 Å². The average Bonchev–Trinajstić information content (AvgIpc) is 2.90. The lowest BCUT2D eigenvalue weighted by molar-refractivity contribution is 0.136. The topological polar surface area (TPSA) is 32.5 Å². The summed E-state index contributed by atoms with van der Waals surface area (Å²) in [6.07, 6.45) is 2.06. The van der Waals surface area contributed by atoms with Crippen LogP contribution in [0.2, 0.25) is 0 Å². The number of fused-ring (bicyclic) bond motifs is 1. The van der Waals surface area contributed by atoms with E-state index in [4.69, 9.17) is 4.42 Å². The Morgan fingerprint density at radius 2 is 1.85 bits per heavy atom. The van der Waals surface area contributed by atoms with E-state index in [9.17, 15) is 0 Å². The summed E-state index contributed by atoms with van der Waals surface area (Å²) in [5.41, 5.74) is 1.87. The number of hydrogen-bond donors (Lipinski definition) is 0. The molecule has 0 radical (unpaired) electrons. The molecule has 0 spiro atoms. The Bertz CT molecular complexity index is 510. The van der Waals surface area contributed by atoms with Gasteiger partial charge in [0.05, 0.1) is 0 Å². The van der Waals surface area contributed by atoms with Gasteiger partial charge in [0.2, 0.25) is 0 Å². The first-order chi connectivity index (χ1) is 9.85. The molecule has 0 aliphatic carbocycles. The van der Waals surface area contributed by atoms with Crippen LogP contribution in [0.1, 0.15) is 19.2 Å². The number of rotatable bonds is 5. The zero-order chi connectivity index (χ0) is 13.8. The van der Waals surface area contributed by atoms with Crippen LogP contribution in [-0.2, 0) is 6.42 Å². The van der Waals surface area contributed by atoms with Crippen LogP contribution in [0, 0.1) is 0 Å². The molecule has 1 aliphatic rings. The molecule has 1 saturated heterocycles. The average molecular weight is 273 g/mol.